The monoisotopic (exact) mass is 201 g/mol. The van der Waals surface area contributed by atoms with Crippen LogP contribution >= 0.6 is 11.6 Å². The van der Waals surface area contributed by atoms with Gasteiger partial charge in [0.05, 0.1) is 0 Å². The van der Waals surface area contributed by atoms with E-state index < -0.39 is 12.0 Å². The number of anilines is 1. The standard InChI is InChI=1S/C7H8ClN3O2/c1-4(7(12)13)11-6-5(8)9-2-3-10-6/h2-4H,1H3,(H,10,11)(H,12,13)/t4-/m1/s1. The van der Waals surface area contributed by atoms with Gasteiger partial charge in [-0.2, -0.15) is 0 Å². The quantitative estimate of drug-likeness (QED) is 0.764. The molecule has 0 aliphatic carbocycles. The second-order valence-corrected chi connectivity index (χ2v) is 2.76. The molecule has 0 saturated carbocycles. The minimum absolute atomic E-state index is 0.163. The van der Waals surface area contributed by atoms with E-state index in [-0.39, 0.29) is 11.0 Å². The van der Waals surface area contributed by atoms with Gasteiger partial charge in [-0.3, -0.25) is 4.79 Å². The number of nitrogens with one attached hydrogen (secondary N) is 1. The van der Waals surface area contributed by atoms with Gasteiger partial charge < -0.3 is 10.4 Å². The highest BCUT2D eigenvalue weighted by Crippen LogP contribution is 2.14. The maximum Gasteiger partial charge on any atom is 0.325 e. The van der Waals surface area contributed by atoms with Crippen LogP contribution in [0.2, 0.25) is 5.15 Å². The predicted molar refractivity (Wildman–Crippen MR) is 47.8 cm³/mol. The fourth-order valence-corrected chi connectivity index (χ4v) is 0.844. The number of hydrogen-bond acceptors (Lipinski definition) is 4. The fraction of sp³-hybridized carbons (Fsp3) is 0.286. The van der Waals surface area contributed by atoms with E-state index in [1.54, 1.807) is 0 Å². The van der Waals surface area contributed by atoms with Crippen molar-refractivity contribution in [2.24, 2.45) is 0 Å². The zero-order valence-corrected chi connectivity index (χ0v) is 7.62. The van der Waals surface area contributed by atoms with Crippen LogP contribution in [-0.2, 0) is 4.79 Å². The number of nitrogens with zero attached hydrogens (tertiary/aromatic N) is 2. The lowest BCUT2D eigenvalue weighted by atomic mass is 10.3. The average Bonchev–Trinajstić information content (AvgIpc) is 2.08. The number of rotatable bonds is 3. The third-order valence-electron chi connectivity index (χ3n) is 1.38. The van der Waals surface area contributed by atoms with E-state index in [1.807, 2.05) is 0 Å². The highest BCUT2D eigenvalue weighted by molar-refractivity contribution is 6.31. The van der Waals surface area contributed by atoms with E-state index in [4.69, 9.17) is 16.7 Å². The molecule has 6 heteroatoms. The first-order valence-electron chi connectivity index (χ1n) is 3.57. The molecule has 70 valence electrons. The Balaban J connectivity index is 2.74. The summed E-state index contributed by atoms with van der Waals surface area (Å²) in [6.07, 6.45) is 2.86. The van der Waals surface area contributed by atoms with Crippen LogP contribution in [0.15, 0.2) is 12.4 Å². The molecule has 1 aromatic rings. The van der Waals surface area contributed by atoms with Crippen molar-refractivity contribution in [1.82, 2.24) is 9.97 Å². The SMILES string of the molecule is C[C@@H](Nc1nccnc1Cl)C(=O)O. The minimum atomic E-state index is -0.971. The van der Waals surface area contributed by atoms with E-state index in [0.29, 0.717) is 0 Å². The Morgan fingerprint density at radius 1 is 1.62 bits per heavy atom. The first kappa shape index (κ1) is 9.73. The first-order valence-corrected chi connectivity index (χ1v) is 3.95. The van der Waals surface area contributed by atoms with E-state index in [0.717, 1.165) is 0 Å². The largest absolute Gasteiger partial charge is 0.480 e. The molecule has 0 amide bonds. The van der Waals surface area contributed by atoms with Crippen molar-refractivity contribution < 1.29 is 9.90 Å². The van der Waals surface area contributed by atoms with Crippen LogP contribution in [0.1, 0.15) is 6.92 Å². The van der Waals surface area contributed by atoms with Crippen LogP contribution in [0.3, 0.4) is 0 Å². The van der Waals surface area contributed by atoms with Gasteiger partial charge in [-0.15, -0.1) is 0 Å². The Labute approximate surface area is 79.8 Å². The number of hydrogen-bond donors (Lipinski definition) is 2. The van der Waals surface area contributed by atoms with Gasteiger partial charge in [-0.25, -0.2) is 9.97 Å². The number of halogens is 1. The number of carbonyl (C=O) groups is 1. The third-order valence-corrected chi connectivity index (χ3v) is 1.65. The summed E-state index contributed by atoms with van der Waals surface area (Å²) in [5.41, 5.74) is 0. The van der Waals surface area contributed by atoms with E-state index in [9.17, 15) is 4.79 Å². The van der Waals surface area contributed by atoms with Gasteiger partial charge in [-0.1, -0.05) is 11.6 Å². The molecule has 0 radical (unpaired) electrons. The lowest BCUT2D eigenvalue weighted by Gasteiger charge is -2.09. The van der Waals surface area contributed by atoms with Crippen LogP contribution in [0.4, 0.5) is 5.82 Å². The Morgan fingerprint density at radius 2 is 2.23 bits per heavy atom. The molecule has 0 aromatic carbocycles. The highest BCUT2D eigenvalue weighted by Gasteiger charge is 2.12. The molecule has 1 heterocycles. The van der Waals surface area contributed by atoms with Crippen molar-refractivity contribution in [3.05, 3.63) is 17.5 Å². The lowest BCUT2D eigenvalue weighted by Crippen LogP contribution is -2.26. The van der Waals surface area contributed by atoms with Gasteiger partial charge in [-0.05, 0) is 6.92 Å². The van der Waals surface area contributed by atoms with Gasteiger partial charge in [0.2, 0.25) is 0 Å². The van der Waals surface area contributed by atoms with Gasteiger partial charge in [0.15, 0.2) is 11.0 Å². The molecule has 0 aliphatic rings. The number of aromatic nitrogens is 2. The summed E-state index contributed by atoms with van der Waals surface area (Å²) in [4.78, 5) is 18.0. The van der Waals surface area contributed by atoms with Crippen molar-refractivity contribution in [1.29, 1.82) is 0 Å². The zero-order valence-electron chi connectivity index (χ0n) is 6.86. The molecule has 2 N–H and O–H groups in total. The summed E-state index contributed by atoms with van der Waals surface area (Å²) >= 11 is 5.64. The molecule has 0 aliphatic heterocycles. The van der Waals surface area contributed by atoms with Crippen LogP contribution in [0.25, 0.3) is 0 Å². The van der Waals surface area contributed by atoms with E-state index in [1.165, 1.54) is 19.3 Å². The van der Waals surface area contributed by atoms with Crippen molar-refractivity contribution in [2.75, 3.05) is 5.32 Å². The van der Waals surface area contributed by atoms with Crippen molar-refractivity contribution in [3.8, 4) is 0 Å². The maximum atomic E-state index is 10.5. The minimum Gasteiger partial charge on any atom is -0.480 e. The number of carboxylic acid groups (broad SMARTS) is 1. The molecule has 0 fully saturated rings. The van der Waals surface area contributed by atoms with Gasteiger partial charge in [0.1, 0.15) is 6.04 Å². The van der Waals surface area contributed by atoms with Crippen molar-refractivity contribution in [2.45, 2.75) is 13.0 Å². The molecule has 1 atom stereocenters. The molecule has 5 nitrogen and oxygen atoms in total. The Kier molecular flexibility index (Phi) is 3.02. The molecule has 0 spiro atoms. The summed E-state index contributed by atoms with van der Waals surface area (Å²) in [5, 5.41) is 11.3. The molecule has 1 aromatic heterocycles. The molecule has 0 bridgehead atoms. The summed E-state index contributed by atoms with van der Waals surface area (Å²) < 4.78 is 0. The van der Waals surface area contributed by atoms with Crippen LogP contribution in [0.5, 0.6) is 0 Å². The summed E-state index contributed by atoms with van der Waals surface area (Å²) in [5.74, 6) is -0.694. The van der Waals surface area contributed by atoms with Crippen LogP contribution in [-0.4, -0.2) is 27.1 Å². The molecule has 13 heavy (non-hydrogen) atoms. The second-order valence-electron chi connectivity index (χ2n) is 2.40. The molecule has 0 saturated heterocycles. The topological polar surface area (TPSA) is 75.1 Å². The zero-order chi connectivity index (χ0) is 9.84. The van der Waals surface area contributed by atoms with Crippen molar-refractivity contribution >= 4 is 23.4 Å². The Hall–Kier alpha value is -1.36. The Morgan fingerprint density at radius 3 is 2.77 bits per heavy atom. The summed E-state index contributed by atoms with van der Waals surface area (Å²) in [6.45, 7) is 1.49. The van der Waals surface area contributed by atoms with Gasteiger partial charge in [0, 0.05) is 12.4 Å². The summed E-state index contributed by atoms with van der Waals surface area (Å²) in [6, 6.07) is -0.741. The van der Waals surface area contributed by atoms with Crippen LogP contribution in [0, 0.1) is 0 Å². The number of aliphatic carboxylic acids is 1. The lowest BCUT2D eigenvalue weighted by molar-refractivity contribution is -0.137. The second kappa shape index (κ2) is 4.04. The maximum absolute atomic E-state index is 10.5. The number of carboxylic acids is 1. The smallest absolute Gasteiger partial charge is 0.325 e. The van der Waals surface area contributed by atoms with Crippen LogP contribution < -0.4 is 5.32 Å². The van der Waals surface area contributed by atoms with Gasteiger partial charge in [0.25, 0.3) is 0 Å². The van der Waals surface area contributed by atoms with E-state index in [2.05, 4.69) is 15.3 Å². The highest BCUT2D eigenvalue weighted by atomic mass is 35.5. The molecular weight excluding hydrogens is 194 g/mol. The predicted octanol–water partition coefficient (Wildman–Crippen LogP) is 1.01. The molecular formula is C7H8ClN3O2. The third kappa shape index (κ3) is 2.55. The van der Waals surface area contributed by atoms with Crippen molar-refractivity contribution in [3.63, 3.8) is 0 Å². The Bertz CT molecular complexity index is 318. The normalized spacial score (nSPS) is 12.2. The van der Waals surface area contributed by atoms with Gasteiger partial charge >= 0.3 is 5.97 Å². The first-order chi connectivity index (χ1) is 6.11. The average molecular weight is 202 g/mol. The molecule has 1 rings (SSSR count). The summed E-state index contributed by atoms with van der Waals surface area (Å²) in [7, 11) is 0. The molecule has 0 unspecified atom stereocenters. The van der Waals surface area contributed by atoms with E-state index >= 15 is 0 Å². The fourth-order valence-electron chi connectivity index (χ4n) is 0.685.